The Morgan fingerprint density at radius 3 is 2.31 bits per heavy atom. The van der Waals surface area contributed by atoms with E-state index in [0.29, 0.717) is 5.56 Å². The molecule has 0 aliphatic rings. The molecule has 0 aliphatic heterocycles. The lowest BCUT2D eigenvalue weighted by molar-refractivity contribution is -0.131. The van der Waals surface area contributed by atoms with Crippen LogP contribution in [0.3, 0.4) is 0 Å². The van der Waals surface area contributed by atoms with E-state index in [-0.39, 0.29) is 37.0 Å². The van der Waals surface area contributed by atoms with Crippen LogP contribution in [0.15, 0.2) is 79.2 Å². The number of carbonyl (C=O) groups excluding carboxylic acids is 3. The van der Waals surface area contributed by atoms with Gasteiger partial charge >= 0.3 is 0 Å². The van der Waals surface area contributed by atoms with Crippen molar-refractivity contribution in [3.63, 3.8) is 0 Å². The van der Waals surface area contributed by atoms with Crippen LogP contribution in [0.5, 0.6) is 11.5 Å². The summed E-state index contributed by atoms with van der Waals surface area (Å²) in [5.74, 6) is -4.22. The number of amides is 3. The number of nitrogens with two attached hydrogens (primary N) is 2. The van der Waals surface area contributed by atoms with Gasteiger partial charge in [-0.25, -0.2) is 8.78 Å². The smallest absolute Gasteiger partial charge is 0.243 e. The Hall–Kier alpha value is -4.51. The number of halogens is 2. The van der Waals surface area contributed by atoms with E-state index >= 15 is 0 Å². The average Bonchev–Trinajstić information content (AvgIpc) is 2.87. The number of benzene rings is 2. The highest BCUT2D eigenvalue weighted by Gasteiger charge is 2.27. The number of phenolic OH excluding ortho intramolecular Hbond substituents is 2. The van der Waals surface area contributed by atoms with Crippen molar-refractivity contribution in [1.29, 1.82) is 0 Å². The van der Waals surface area contributed by atoms with Crippen LogP contribution in [0.2, 0.25) is 0 Å². The van der Waals surface area contributed by atoms with Crippen molar-refractivity contribution >= 4 is 17.7 Å². The standard InChI is InChI=1S/C28H32F2N4O5/c1-17(29)8-4-2-3-5-11-22(33-27(38)21(31)16-19-9-6-7-10-20(19)30)28(39)34-23(26(32)37)14-18-12-13-24(35)25(36)15-18/h2-4,6-10,12-13,15,21-23,35-36H,1,5,11,14,16,31H2,(H2,32,37)(H,33,38)(H,34,39)/b3-2-,8-4-. The van der Waals surface area contributed by atoms with Gasteiger partial charge in [-0.15, -0.1) is 0 Å². The lowest BCUT2D eigenvalue weighted by Gasteiger charge is -2.23. The Morgan fingerprint density at radius 1 is 0.974 bits per heavy atom. The van der Waals surface area contributed by atoms with Crippen molar-refractivity contribution in [2.24, 2.45) is 11.5 Å². The fraction of sp³-hybridized carbons (Fsp3) is 0.250. The maximum atomic E-state index is 14.0. The second kappa shape index (κ2) is 15.0. The zero-order chi connectivity index (χ0) is 28.9. The monoisotopic (exact) mass is 542 g/mol. The highest BCUT2D eigenvalue weighted by Crippen LogP contribution is 2.25. The highest BCUT2D eigenvalue weighted by atomic mass is 19.1. The maximum Gasteiger partial charge on any atom is 0.243 e. The quantitative estimate of drug-likeness (QED) is 0.158. The minimum atomic E-state index is -1.21. The van der Waals surface area contributed by atoms with Crippen LogP contribution in [0.1, 0.15) is 24.0 Å². The molecule has 9 nitrogen and oxygen atoms in total. The highest BCUT2D eigenvalue weighted by molar-refractivity contribution is 5.92. The van der Waals surface area contributed by atoms with Crippen LogP contribution in [0, 0.1) is 5.82 Å². The third-order valence-corrected chi connectivity index (χ3v) is 5.65. The molecular formula is C28H32F2N4O5. The van der Waals surface area contributed by atoms with E-state index in [9.17, 15) is 33.4 Å². The molecule has 3 atom stereocenters. The normalized spacial score (nSPS) is 13.6. The number of hydrogen-bond acceptors (Lipinski definition) is 6. The van der Waals surface area contributed by atoms with Gasteiger partial charge in [0.25, 0.3) is 0 Å². The molecule has 2 aromatic carbocycles. The van der Waals surface area contributed by atoms with E-state index < -0.39 is 53.2 Å². The summed E-state index contributed by atoms with van der Waals surface area (Å²) in [5.41, 5.74) is 12.1. The van der Waals surface area contributed by atoms with Gasteiger partial charge in [-0.1, -0.05) is 49.1 Å². The molecule has 0 saturated carbocycles. The van der Waals surface area contributed by atoms with Crippen molar-refractivity contribution in [2.45, 2.75) is 43.8 Å². The first-order valence-corrected chi connectivity index (χ1v) is 12.1. The van der Waals surface area contributed by atoms with Crippen LogP contribution in [0.25, 0.3) is 0 Å². The Labute approximate surface area is 224 Å². The third kappa shape index (κ3) is 10.4. The molecule has 2 aromatic rings. The maximum absolute atomic E-state index is 14.0. The minimum absolute atomic E-state index is 0.0797. The van der Waals surface area contributed by atoms with Crippen molar-refractivity contribution < 1.29 is 33.4 Å². The molecule has 2 rings (SSSR count). The van der Waals surface area contributed by atoms with Gasteiger partial charge in [0.2, 0.25) is 17.7 Å². The average molecular weight is 543 g/mol. The summed E-state index contributed by atoms with van der Waals surface area (Å²) in [6, 6.07) is 6.23. The molecule has 3 amide bonds. The van der Waals surface area contributed by atoms with E-state index in [1.54, 1.807) is 12.1 Å². The first-order valence-electron chi connectivity index (χ1n) is 12.1. The fourth-order valence-electron chi connectivity index (χ4n) is 3.57. The molecule has 11 heteroatoms. The topological polar surface area (TPSA) is 168 Å². The predicted molar refractivity (Wildman–Crippen MR) is 142 cm³/mol. The summed E-state index contributed by atoms with van der Waals surface area (Å²) in [7, 11) is 0. The first kappa shape index (κ1) is 30.7. The lowest BCUT2D eigenvalue weighted by atomic mass is 10.0. The number of allylic oxidation sites excluding steroid dienone is 5. The molecule has 208 valence electrons. The van der Waals surface area contributed by atoms with Crippen molar-refractivity contribution in [3.8, 4) is 11.5 Å². The number of primary amides is 1. The third-order valence-electron chi connectivity index (χ3n) is 5.65. The molecular weight excluding hydrogens is 510 g/mol. The molecule has 0 saturated heterocycles. The molecule has 0 spiro atoms. The van der Waals surface area contributed by atoms with Gasteiger partial charge in [0.1, 0.15) is 23.7 Å². The molecule has 8 N–H and O–H groups in total. The first-order chi connectivity index (χ1) is 18.5. The lowest BCUT2D eigenvalue weighted by Crippen LogP contribution is -2.56. The number of phenols is 2. The molecule has 0 aromatic heterocycles. The molecule has 0 radical (unpaired) electrons. The van der Waals surface area contributed by atoms with Gasteiger partial charge in [0, 0.05) is 6.42 Å². The number of rotatable bonds is 14. The zero-order valence-electron chi connectivity index (χ0n) is 21.1. The van der Waals surface area contributed by atoms with Gasteiger partial charge in [-0.2, -0.15) is 0 Å². The summed E-state index contributed by atoms with van der Waals surface area (Å²) in [4.78, 5) is 38.0. The molecule has 0 bridgehead atoms. The number of nitrogens with one attached hydrogen (secondary N) is 2. The van der Waals surface area contributed by atoms with E-state index in [2.05, 4.69) is 17.2 Å². The Kier molecular flexibility index (Phi) is 11.8. The van der Waals surface area contributed by atoms with Crippen molar-refractivity contribution in [1.82, 2.24) is 10.6 Å². The molecule has 0 fully saturated rings. The van der Waals surface area contributed by atoms with Crippen LogP contribution in [-0.2, 0) is 27.2 Å². The molecule has 0 aliphatic carbocycles. The summed E-state index contributed by atoms with van der Waals surface area (Å²) >= 11 is 0. The second-order valence-corrected chi connectivity index (χ2v) is 8.77. The summed E-state index contributed by atoms with van der Waals surface area (Å²) < 4.78 is 26.7. The van der Waals surface area contributed by atoms with E-state index in [1.165, 1.54) is 48.6 Å². The molecule has 0 heterocycles. The van der Waals surface area contributed by atoms with Crippen LogP contribution in [0.4, 0.5) is 8.78 Å². The number of carbonyl (C=O) groups is 3. The number of hydrogen-bond donors (Lipinski definition) is 6. The van der Waals surface area contributed by atoms with Gasteiger partial charge in [-0.05, 0) is 54.7 Å². The Balaban J connectivity index is 2.15. The van der Waals surface area contributed by atoms with Gasteiger partial charge < -0.3 is 32.3 Å². The van der Waals surface area contributed by atoms with Crippen LogP contribution >= 0.6 is 0 Å². The van der Waals surface area contributed by atoms with E-state index in [1.807, 2.05) is 0 Å². The second-order valence-electron chi connectivity index (χ2n) is 8.77. The van der Waals surface area contributed by atoms with Crippen LogP contribution in [-0.4, -0.2) is 46.1 Å². The largest absolute Gasteiger partial charge is 0.504 e. The van der Waals surface area contributed by atoms with E-state index in [0.717, 1.165) is 6.08 Å². The SMILES string of the molecule is C=C(F)/C=C\C=C/CCC(NC(=O)C(N)Cc1ccccc1F)C(=O)NC(Cc1ccc(O)c(O)c1)C(N)=O. The summed E-state index contributed by atoms with van der Waals surface area (Å²) in [5, 5.41) is 24.2. The summed E-state index contributed by atoms with van der Waals surface area (Å²) in [6.45, 7) is 3.10. The molecule has 39 heavy (non-hydrogen) atoms. The Bertz CT molecular complexity index is 1250. The van der Waals surface area contributed by atoms with Gasteiger partial charge in [0.05, 0.1) is 6.04 Å². The number of aromatic hydroxyl groups is 2. The predicted octanol–water partition coefficient (Wildman–Crippen LogP) is 2.18. The summed E-state index contributed by atoms with van der Waals surface area (Å²) in [6.07, 6.45) is 5.87. The van der Waals surface area contributed by atoms with Crippen molar-refractivity contribution in [3.05, 3.63) is 96.1 Å². The van der Waals surface area contributed by atoms with Gasteiger partial charge in [-0.3, -0.25) is 14.4 Å². The zero-order valence-corrected chi connectivity index (χ0v) is 21.1. The van der Waals surface area contributed by atoms with E-state index in [4.69, 9.17) is 11.5 Å². The molecule has 3 unspecified atom stereocenters. The Morgan fingerprint density at radius 2 is 1.67 bits per heavy atom. The minimum Gasteiger partial charge on any atom is -0.504 e. The van der Waals surface area contributed by atoms with Gasteiger partial charge in [0.15, 0.2) is 11.5 Å². The van der Waals surface area contributed by atoms with Crippen LogP contribution < -0.4 is 22.1 Å². The van der Waals surface area contributed by atoms with Crippen molar-refractivity contribution in [2.75, 3.05) is 0 Å². The fourth-order valence-corrected chi connectivity index (χ4v) is 3.57.